The third kappa shape index (κ3) is 3.06. The highest BCUT2D eigenvalue weighted by molar-refractivity contribution is 5.24. The molecule has 0 saturated carbocycles. The van der Waals surface area contributed by atoms with Crippen LogP contribution in [-0.2, 0) is 7.05 Å². The molecule has 0 spiro atoms. The molecule has 8 heteroatoms. The highest BCUT2D eigenvalue weighted by atomic mass is 19.1. The van der Waals surface area contributed by atoms with Crippen molar-refractivity contribution in [1.82, 2.24) is 25.1 Å². The van der Waals surface area contributed by atoms with Gasteiger partial charge in [0.25, 0.3) is 0 Å². The van der Waals surface area contributed by atoms with Crippen LogP contribution in [0.2, 0.25) is 0 Å². The van der Waals surface area contributed by atoms with Gasteiger partial charge in [0.2, 0.25) is 0 Å². The van der Waals surface area contributed by atoms with Crippen LogP contribution in [0.5, 0.6) is 5.75 Å². The van der Waals surface area contributed by atoms with Gasteiger partial charge in [-0.2, -0.15) is 0 Å². The number of aromatic nitrogens is 4. The molecule has 1 aliphatic heterocycles. The third-order valence-electron chi connectivity index (χ3n) is 3.89. The van der Waals surface area contributed by atoms with Crippen LogP contribution >= 0.6 is 0 Å². The Hall–Kier alpha value is -2.09. The molecule has 2 heterocycles. The lowest BCUT2D eigenvalue weighted by Crippen LogP contribution is -2.29. The molecule has 118 valence electrons. The quantitative estimate of drug-likeness (QED) is 0.860. The Morgan fingerprint density at radius 2 is 2.00 bits per heavy atom. The van der Waals surface area contributed by atoms with Gasteiger partial charge in [0.1, 0.15) is 23.5 Å². The minimum absolute atomic E-state index is 0.0536. The molecule has 0 N–H and O–H groups in total. The van der Waals surface area contributed by atoms with Crippen molar-refractivity contribution in [1.29, 1.82) is 0 Å². The summed E-state index contributed by atoms with van der Waals surface area (Å²) in [6, 6.07) is 3.28. The maximum absolute atomic E-state index is 13.2. The van der Waals surface area contributed by atoms with Crippen LogP contribution in [0, 0.1) is 11.6 Å². The van der Waals surface area contributed by atoms with Gasteiger partial charge < -0.3 is 4.74 Å². The lowest BCUT2D eigenvalue weighted by molar-refractivity contribution is 0.177. The van der Waals surface area contributed by atoms with E-state index in [1.165, 1.54) is 12.1 Å². The van der Waals surface area contributed by atoms with Crippen LogP contribution in [-0.4, -0.2) is 44.3 Å². The minimum Gasteiger partial charge on any atom is -0.489 e. The molecular formula is C14H17F2N5O. The Balaban J connectivity index is 1.64. The van der Waals surface area contributed by atoms with Crippen LogP contribution in [0.15, 0.2) is 18.2 Å². The Kier molecular flexibility index (Phi) is 4.02. The summed E-state index contributed by atoms with van der Waals surface area (Å²) < 4.78 is 33.7. The summed E-state index contributed by atoms with van der Waals surface area (Å²) in [5.74, 6) is -0.276. The van der Waals surface area contributed by atoms with E-state index >= 15 is 0 Å². The van der Waals surface area contributed by atoms with Crippen LogP contribution < -0.4 is 4.74 Å². The number of nitrogens with zero attached hydrogens (tertiary/aromatic N) is 5. The maximum atomic E-state index is 13.2. The molecule has 6 nitrogen and oxygen atoms in total. The van der Waals surface area contributed by atoms with Crippen LogP contribution in [0.3, 0.4) is 0 Å². The molecule has 2 atom stereocenters. The number of likely N-dealkylation sites (tertiary alicyclic amines) is 1. The number of ether oxygens (including phenoxy) is 1. The normalized spacial score (nSPS) is 20.3. The molecule has 1 saturated heterocycles. The lowest BCUT2D eigenvalue weighted by atomic mass is 10.3. The van der Waals surface area contributed by atoms with E-state index in [1.807, 2.05) is 6.92 Å². The van der Waals surface area contributed by atoms with Gasteiger partial charge in [-0.3, -0.25) is 4.90 Å². The first kappa shape index (κ1) is 14.8. The molecule has 1 aromatic carbocycles. The second kappa shape index (κ2) is 5.96. The topological polar surface area (TPSA) is 56.1 Å². The molecular weight excluding hydrogens is 292 g/mol. The number of tetrazole rings is 1. The van der Waals surface area contributed by atoms with E-state index in [1.54, 1.807) is 11.7 Å². The predicted molar refractivity (Wildman–Crippen MR) is 74.2 cm³/mol. The molecule has 22 heavy (non-hydrogen) atoms. The van der Waals surface area contributed by atoms with Crippen molar-refractivity contribution in [3.05, 3.63) is 35.7 Å². The van der Waals surface area contributed by atoms with Crippen LogP contribution in [0.4, 0.5) is 8.78 Å². The van der Waals surface area contributed by atoms with Crippen molar-refractivity contribution in [3.8, 4) is 5.75 Å². The second-order valence-corrected chi connectivity index (χ2v) is 5.47. The smallest absolute Gasteiger partial charge is 0.167 e. The first-order valence-corrected chi connectivity index (χ1v) is 7.12. The molecule has 3 rings (SSSR count). The van der Waals surface area contributed by atoms with Gasteiger partial charge >= 0.3 is 0 Å². The summed E-state index contributed by atoms with van der Waals surface area (Å²) in [4.78, 5) is 2.19. The molecule has 1 aliphatic rings. The molecule has 0 radical (unpaired) electrons. The van der Waals surface area contributed by atoms with Crippen molar-refractivity contribution in [2.24, 2.45) is 7.05 Å². The Labute approximate surface area is 126 Å². The Bertz CT molecular complexity index is 642. The first-order valence-electron chi connectivity index (χ1n) is 7.12. The van der Waals surface area contributed by atoms with Gasteiger partial charge in [-0.1, -0.05) is 0 Å². The highest BCUT2D eigenvalue weighted by Gasteiger charge is 2.30. The monoisotopic (exact) mass is 309 g/mol. The standard InChI is InChI=1S/C14H17F2N5O/c1-9(14-17-18-19-20(14)2)21-4-3-12(8-21)22-13-6-10(15)5-11(16)7-13/h5-7,9,12H,3-4,8H2,1-2H3. The lowest BCUT2D eigenvalue weighted by Gasteiger charge is -2.22. The zero-order valence-corrected chi connectivity index (χ0v) is 12.4. The minimum atomic E-state index is -0.636. The van der Waals surface area contributed by atoms with E-state index in [2.05, 4.69) is 20.4 Å². The van der Waals surface area contributed by atoms with Gasteiger partial charge in [-0.05, 0) is 23.8 Å². The highest BCUT2D eigenvalue weighted by Crippen LogP contribution is 2.26. The SMILES string of the molecule is CC(c1nnnn1C)N1CCC(Oc2cc(F)cc(F)c2)C1. The fourth-order valence-electron chi connectivity index (χ4n) is 2.74. The maximum Gasteiger partial charge on any atom is 0.167 e. The van der Waals surface area contributed by atoms with E-state index in [0.29, 0.717) is 6.54 Å². The molecule has 0 aliphatic carbocycles. The van der Waals surface area contributed by atoms with E-state index in [4.69, 9.17) is 4.74 Å². The molecule has 1 fully saturated rings. The van der Waals surface area contributed by atoms with E-state index in [0.717, 1.165) is 24.9 Å². The summed E-state index contributed by atoms with van der Waals surface area (Å²) >= 11 is 0. The average Bonchev–Trinajstić information content (AvgIpc) is 3.06. The molecule has 2 unspecified atom stereocenters. The molecule has 1 aromatic heterocycles. The summed E-state index contributed by atoms with van der Waals surface area (Å²) in [6.45, 7) is 3.50. The fraction of sp³-hybridized carbons (Fsp3) is 0.500. The first-order chi connectivity index (χ1) is 10.5. The van der Waals surface area contributed by atoms with Crippen molar-refractivity contribution < 1.29 is 13.5 Å². The zero-order chi connectivity index (χ0) is 15.7. The van der Waals surface area contributed by atoms with Gasteiger partial charge in [0, 0.05) is 38.3 Å². The number of aryl methyl sites for hydroxylation is 1. The van der Waals surface area contributed by atoms with Crippen LogP contribution in [0.1, 0.15) is 25.2 Å². The van der Waals surface area contributed by atoms with Crippen LogP contribution in [0.25, 0.3) is 0 Å². The number of halogens is 2. The van der Waals surface area contributed by atoms with Gasteiger partial charge in [-0.25, -0.2) is 13.5 Å². The second-order valence-electron chi connectivity index (χ2n) is 5.47. The zero-order valence-electron chi connectivity index (χ0n) is 12.4. The van der Waals surface area contributed by atoms with Gasteiger partial charge in [-0.15, -0.1) is 5.10 Å². The average molecular weight is 309 g/mol. The Morgan fingerprint density at radius 3 is 2.64 bits per heavy atom. The third-order valence-corrected chi connectivity index (χ3v) is 3.89. The van der Waals surface area contributed by atoms with Crippen molar-refractivity contribution in [2.75, 3.05) is 13.1 Å². The number of hydrogen-bond acceptors (Lipinski definition) is 5. The number of rotatable bonds is 4. The Morgan fingerprint density at radius 1 is 1.27 bits per heavy atom. The number of hydrogen-bond donors (Lipinski definition) is 0. The van der Waals surface area contributed by atoms with Crippen molar-refractivity contribution in [2.45, 2.75) is 25.5 Å². The summed E-state index contributed by atoms with van der Waals surface area (Å²) in [5.41, 5.74) is 0. The predicted octanol–water partition coefficient (Wildman–Crippen LogP) is 1.70. The van der Waals surface area contributed by atoms with Crippen molar-refractivity contribution >= 4 is 0 Å². The molecule has 2 aromatic rings. The van der Waals surface area contributed by atoms with E-state index in [9.17, 15) is 8.78 Å². The molecule has 0 amide bonds. The summed E-state index contributed by atoms with van der Waals surface area (Å²) in [7, 11) is 1.80. The molecule has 0 bridgehead atoms. The van der Waals surface area contributed by atoms with Gasteiger partial charge in [0.05, 0.1) is 6.04 Å². The number of benzene rings is 1. The summed E-state index contributed by atoms with van der Waals surface area (Å²) in [6.07, 6.45) is 0.679. The summed E-state index contributed by atoms with van der Waals surface area (Å²) in [5, 5.41) is 11.5. The van der Waals surface area contributed by atoms with Gasteiger partial charge in [0.15, 0.2) is 5.82 Å². The van der Waals surface area contributed by atoms with E-state index in [-0.39, 0.29) is 17.9 Å². The van der Waals surface area contributed by atoms with E-state index < -0.39 is 11.6 Å². The fourth-order valence-corrected chi connectivity index (χ4v) is 2.74. The largest absolute Gasteiger partial charge is 0.489 e. The van der Waals surface area contributed by atoms with Crippen molar-refractivity contribution in [3.63, 3.8) is 0 Å².